The van der Waals surface area contributed by atoms with Crippen molar-refractivity contribution in [2.45, 2.75) is 91.4 Å². The maximum Gasteiger partial charge on any atom is 0.310 e. The zero-order valence-corrected chi connectivity index (χ0v) is 18.6. The van der Waals surface area contributed by atoms with Gasteiger partial charge in [0.25, 0.3) is 0 Å². The largest absolute Gasteiger partial charge is 0.481 e. The molecule has 0 aromatic heterocycles. The lowest BCUT2D eigenvalue weighted by Crippen LogP contribution is -2.21. The predicted octanol–water partition coefficient (Wildman–Crippen LogP) is 6.19. The summed E-state index contributed by atoms with van der Waals surface area (Å²) in [5.41, 5.74) is 2.24. The highest BCUT2D eigenvalue weighted by Crippen LogP contribution is 2.36. The van der Waals surface area contributed by atoms with Crippen molar-refractivity contribution in [1.82, 2.24) is 0 Å². The number of aliphatic carboxylic acids is 2. The van der Waals surface area contributed by atoms with E-state index in [-0.39, 0.29) is 5.41 Å². The summed E-state index contributed by atoms with van der Waals surface area (Å²) in [6.45, 7) is 14.6. The first-order chi connectivity index (χ1) is 12.8. The van der Waals surface area contributed by atoms with E-state index >= 15 is 0 Å². The van der Waals surface area contributed by atoms with Crippen LogP contribution in [0.5, 0.6) is 0 Å². The standard InChI is InChI=1S/C24H38O4/c1-15(2)8-11-19(22(25)26)18-13-10-17(24(5,6)7)14-21(18)20(23(27)28)12-9-16(3)4/h10,13-16,19-20H,8-9,11-12H2,1-7H3,(H,25,26)(H,27,28). The van der Waals surface area contributed by atoms with E-state index in [0.29, 0.717) is 35.8 Å². The average molecular weight is 391 g/mol. The van der Waals surface area contributed by atoms with Gasteiger partial charge >= 0.3 is 11.9 Å². The van der Waals surface area contributed by atoms with Crippen LogP contribution in [0.1, 0.15) is 103 Å². The number of carbonyl (C=O) groups is 2. The molecular formula is C24H38O4. The Hall–Kier alpha value is -1.84. The topological polar surface area (TPSA) is 74.6 Å². The van der Waals surface area contributed by atoms with Crippen LogP contribution in [0.15, 0.2) is 18.2 Å². The van der Waals surface area contributed by atoms with Crippen molar-refractivity contribution in [3.63, 3.8) is 0 Å². The molecular weight excluding hydrogens is 352 g/mol. The number of benzene rings is 1. The van der Waals surface area contributed by atoms with Crippen molar-refractivity contribution in [2.75, 3.05) is 0 Å². The molecule has 0 saturated heterocycles. The number of carboxylic acids is 2. The molecule has 1 aromatic carbocycles. The van der Waals surface area contributed by atoms with E-state index < -0.39 is 23.8 Å². The van der Waals surface area contributed by atoms with Crippen molar-refractivity contribution in [3.8, 4) is 0 Å². The Kier molecular flexibility index (Phi) is 8.72. The monoisotopic (exact) mass is 390 g/mol. The van der Waals surface area contributed by atoms with Crippen LogP contribution in [0.3, 0.4) is 0 Å². The molecule has 0 aliphatic carbocycles. The maximum atomic E-state index is 12.1. The average Bonchev–Trinajstić information content (AvgIpc) is 2.53. The van der Waals surface area contributed by atoms with Crippen LogP contribution in [-0.2, 0) is 15.0 Å². The number of hydrogen-bond acceptors (Lipinski definition) is 2. The Bertz CT molecular complexity index is 668. The maximum absolute atomic E-state index is 12.1. The van der Waals surface area contributed by atoms with Gasteiger partial charge in [-0.2, -0.15) is 0 Å². The van der Waals surface area contributed by atoms with Crippen LogP contribution in [-0.4, -0.2) is 22.2 Å². The SMILES string of the molecule is CC(C)CCC(C(=O)O)c1ccc(C(C)(C)C)cc1C(CCC(C)C)C(=O)O. The molecule has 0 fully saturated rings. The number of carboxylic acid groups (broad SMARTS) is 2. The van der Waals surface area contributed by atoms with Gasteiger partial charge in [-0.25, -0.2) is 0 Å². The molecule has 2 unspecified atom stereocenters. The van der Waals surface area contributed by atoms with E-state index in [0.717, 1.165) is 18.4 Å². The molecule has 0 aliphatic heterocycles. The summed E-state index contributed by atoms with van der Waals surface area (Å²) in [6, 6.07) is 5.77. The second-order valence-electron chi connectivity index (χ2n) is 9.82. The van der Waals surface area contributed by atoms with Gasteiger partial charge in [0.1, 0.15) is 0 Å². The van der Waals surface area contributed by atoms with E-state index in [4.69, 9.17) is 0 Å². The highest BCUT2D eigenvalue weighted by atomic mass is 16.4. The van der Waals surface area contributed by atoms with Gasteiger partial charge in [0.05, 0.1) is 11.8 Å². The van der Waals surface area contributed by atoms with Crippen molar-refractivity contribution in [1.29, 1.82) is 0 Å². The van der Waals surface area contributed by atoms with Gasteiger partial charge in [-0.3, -0.25) is 9.59 Å². The summed E-state index contributed by atoms with van der Waals surface area (Å²) in [6.07, 6.45) is 2.62. The lowest BCUT2D eigenvalue weighted by atomic mass is 9.78. The lowest BCUT2D eigenvalue weighted by Gasteiger charge is -2.26. The second kappa shape index (κ2) is 10.1. The molecule has 0 saturated carbocycles. The second-order valence-corrected chi connectivity index (χ2v) is 9.82. The van der Waals surface area contributed by atoms with Crippen LogP contribution < -0.4 is 0 Å². The minimum atomic E-state index is -0.876. The molecule has 1 rings (SSSR count). The molecule has 0 bridgehead atoms. The summed E-state index contributed by atoms with van der Waals surface area (Å²) in [5.74, 6) is -2.31. The van der Waals surface area contributed by atoms with Gasteiger partial charge < -0.3 is 10.2 Å². The van der Waals surface area contributed by atoms with Gasteiger partial charge in [0.15, 0.2) is 0 Å². The lowest BCUT2D eigenvalue weighted by molar-refractivity contribution is -0.140. The van der Waals surface area contributed by atoms with Gasteiger partial charge in [0, 0.05) is 0 Å². The summed E-state index contributed by atoms with van der Waals surface area (Å²) < 4.78 is 0. The first-order valence-corrected chi connectivity index (χ1v) is 10.4. The minimum absolute atomic E-state index is 0.134. The molecule has 28 heavy (non-hydrogen) atoms. The van der Waals surface area contributed by atoms with Crippen molar-refractivity contribution in [3.05, 3.63) is 34.9 Å². The van der Waals surface area contributed by atoms with Crippen LogP contribution in [0.4, 0.5) is 0 Å². The fourth-order valence-electron chi connectivity index (χ4n) is 3.48. The molecule has 0 amide bonds. The smallest absolute Gasteiger partial charge is 0.310 e. The molecule has 1 aromatic rings. The normalized spacial score (nSPS) is 14.3. The first kappa shape index (κ1) is 24.2. The predicted molar refractivity (Wildman–Crippen MR) is 114 cm³/mol. The molecule has 158 valence electrons. The Labute approximate surface area is 170 Å². The van der Waals surface area contributed by atoms with Gasteiger partial charge in [-0.15, -0.1) is 0 Å². The number of rotatable bonds is 10. The first-order valence-electron chi connectivity index (χ1n) is 10.4. The van der Waals surface area contributed by atoms with Crippen molar-refractivity contribution < 1.29 is 19.8 Å². The molecule has 0 heterocycles. The molecule has 4 heteroatoms. The van der Waals surface area contributed by atoms with Gasteiger partial charge in [-0.1, -0.05) is 66.7 Å². The Morgan fingerprint density at radius 1 is 0.786 bits per heavy atom. The van der Waals surface area contributed by atoms with E-state index in [2.05, 4.69) is 48.5 Å². The Balaban J connectivity index is 3.52. The Morgan fingerprint density at radius 3 is 1.57 bits per heavy atom. The third-order valence-electron chi connectivity index (χ3n) is 5.37. The van der Waals surface area contributed by atoms with E-state index in [1.807, 2.05) is 18.2 Å². The van der Waals surface area contributed by atoms with Gasteiger partial charge in [0.2, 0.25) is 0 Å². The van der Waals surface area contributed by atoms with Crippen LogP contribution in [0.2, 0.25) is 0 Å². The van der Waals surface area contributed by atoms with Crippen LogP contribution in [0.25, 0.3) is 0 Å². The highest BCUT2D eigenvalue weighted by molar-refractivity contribution is 5.81. The quantitative estimate of drug-likeness (QED) is 0.499. The molecule has 2 atom stereocenters. The Morgan fingerprint density at radius 2 is 1.21 bits per heavy atom. The van der Waals surface area contributed by atoms with Gasteiger partial charge in [-0.05, 0) is 59.6 Å². The van der Waals surface area contributed by atoms with E-state index in [1.165, 1.54) is 0 Å². The minimum Gasteiger partial charge on any atom is -0.481 e. The third-order valence-corrected chi connectivity index (χ3v) is 5.37. The fraction of sp³-hybridized carbons (Fsp3) is 0.667. The van der Waals surface area contributed by atoms with E-state index in [9.17, 15) is 19.8 Å². The molecule has 0 aliphatic rings. The summed E-state index contributed by atoms with van der Waals surface area (Å²) >= 11 is 0. The zero-order chi connectivity index (χ0) is 21.6. The highest BCUT2D eigenvalue weighted by Gasteiger charge is 2.30. The zero-order valence-electron chi connectivity index (χ0n) is 18.6. The molecule has 0 radical (unpaired) electrons. The van der Waals surface area contributed by atoms with Crippen LogP contribution in [0, 0.1) is 11.8 Å². The van der Waals surface area contributed by atoms with E-state index in [1.54, 1.807) is 0 Å². The third kappa shape index (κ3) is 6.96. The summed E-state index contributed by atoms with van der Waals surface area (Å²) in [4.78, 5) is 24.2. The summed E-state index contributed by atoms with van der Waals surface area (Å²) in [7, 11) is 0. The van der Waals surface area contributed by atoms with Crippen LogP contribution >= 0.6 is 0 Å². The number of hydrogen-bond donors (Lipinski definition) is 2. The van der Waals surface area contributed by atoms with Crippen molar-refractivity contribution in [2.24, 2.45) is 11.8 Å². The molecule has 2 N–H and O–H groups in total. The fourth-order valence-corrected chi connectivity index (χ4v) is 3.48. The molecule has 4 nitrogen and oxygen atoms in total. The molecule has 0 spiro atoms. The summed E-state index contributed by atoms with van der Waals surface area (Å²) in [5, 5.41) is 19.8. The van der Waals surface area contributed by atoms with Crippen molar-refractivity contribution >= 4 is 11.9 Å².